The molecule has 0 saturated carbocycles. The summed E-state index contributed by atoms with van der Waals surface area (Å²) in [6.45, 7) is 9.67. The third kappa shape index (κ3) is 5.13. The highest BCUT2D eigenvalue weighted by molar-refractivity contribution is 7.10. The Labute approximate surface area is 152 Å². The van der Waals surface area contributed by atoms with Crippen LogP contribution in [0.4, 0.5) is 5.69 Å². The normalized spacial score (nSPS) is 12.1. The molecular formula is C19H25N3O2S. The van der Waals surface area contributed by atoms with Crippen molar-refractivity contribution in [2.45, 2.75) is 47.1 Å². The maximum Gasteiger partial charge on any atom is 0.275 e. The maximum absolute atomic E-state index is 12.5. The fourth-order valence-corrected chi connectivity index (χ4v) is 3.43. The molecule has 0 aliphatic carbocycles. The van der Waals surface area contributed by atoms with E-state index in [2.05, 4.69) is 29.5 Å². The van der Waals surface area contributed by atoms with Crippen molar-refractivity contribution in [3.05, 3.63) is 45.4 Å². The predicted molar refractivity (Wildman–Crippen MR) is 102 cm³/mol. The van der Waals surface area contributed by atoms with Gasteiger partial charge in [0.15, 0.2) is 0 Å². The number of amides is 2. The van der Waals surface area contributed by atoms with Crippen molar-refractivity contribution < 1.29 is 9.59 Å². The third-order valence-electron chi connectivity index (χ3n) is 3.99. The molecule has 1 atom stereocenters. The van der Waals surface area contributed by atoms with Gasteiger partial charge in [0.2, 0.25) is 5.91 Å². The SMILES string of the molecule is CC(=O)N[C@H](CC(C)C)c1nc(C(=O)Nc2cccc(C)c2C)cs1. The van der Waals surface area contributed by atoms with Crippen molar-refractivity contribution in [2.75, 3.05) is 5.32 Å². The van der Waals surface area contributed by atoms with Crippen molar-refractivity contribution in [3.63, 3.8) is 0 Å². The second kappa shape index (κ2) is 8.25. The van der Waals surface area contributed by atoms with E-state index in [0.717, 1.165) is 28.2 Å². The first kappa shape index (κ1) is 19.1. The molecule has 2 rings (SSSR count). The molecule has 0 spiro atoms. The zero-order valence-corrected chi connectivity index (χ0v) is 16.2. The van der Waals surface area contributed by atoms with Crippen LogP contribution in [0, 0.1) is 19.8 Å². The van der Waals surface area contributed by atoms with E-state index in [-0.39, 0.29) is 17.9 Å². The summed E-state index contributed by atoms with van der Waals surface area (Å²) < 4.78 is 0. The Morgan fingerprint density at radius 3 is 2.60 bits per heavy atom. The monoisotopic (exact) mass is 359 g/mol. The van der Waals surface area contributed by atoms with E-state index in [1.165, 1.54) is 18.3 Å². The van der Waals surface area contributed by atoms with Crippen molar-refractivity contribution in [2.24, 2.45) is 5.92 Å². The van der Waals surface area contributed by atoms with Crippen LogP contribution >= 0.6 is 11.3 Å². The van der Waals surface area contributed by atoms with Gasteiger partial charge in [-0.05, 0) is 43.4 Å². The summed E-state index contributed by atoms with van der Waals surface area (Å²) in [5.41, 5.74) is 3.34. The molecule has 0 aliphatic rings. The largest absolute Gasteiger partial charge is 0.347 e. The molecule has 0 unspecified atom stereocenters. The van der Waals surface area contributed by atoms with Gasteiger partial charge in [-0.2, -0.15) is 0 Å². The lowest BCUT2D eigenvalue weighted by molar-refractivity contribution is -0.119. The maximum atomic E-state index is 12.5. The first-order valence-corrected chi connectivity index (χ1v) is 9.26. The van der Waals surface area contributed by atoms with Crippen molar-refractivity contribution in [3.8, 4) is 0 Å². The van der Waals surface area contributed by atoms with Crippen LogP contribution in [0.3, 0.4) is 0 Å². The Morgan fingerprint density at radius 2 is 1.96 bits per heavy atom. The van der Waals surface area contributed by atoms with Crippen LogP contribution < -0.4 is 10.6 Å². The molecular weight excluding hydrogens is 334 g/mol. The van der Waals surface area contributed by atoms with E-state index < -0.39 is 0 Å². The van der Waals surface area contributed by atoms with Crippen LogP contribution in [0.25, 0.3) is 0 Å². The summed E-state index contributed by atoms with van der Waals surface area (Å²) in [4.78, 5) is 28.4. The summed E-state index contributed by atoms with van der Waals surface area (Å²) in [6.07, 6.45) is 0.783. The lowest BCUT2D eigenvalue weighted by Gasteiger charge is -2.17. The van der Waals surface area contributed by atoms with Crippen molar-refractivity contribution in [1.29, 1.82) is 0 Å². The van der Waals surface area contributed by atoms with Gasteiger partial charge in [-0.3, -0.25) is 9.59 Å². The second-order valence-electron chi connectivity index (χ2n) is 6.66. The Balaban J connectivity index is 2.16. The molecule has 0 bridgehead atoms. The average molecular weight is 359 g/mol. The summed E-state index contributed by atoms with van der Waals surface area (Å²) in [5.74, 6) is 0.0810. The van der Waals surface area contributed by atoms with Gasteiger partial charge in [0.1, 0.15) is 10.7 Å². The van der Waals surface area contributed by atoms with Crippen LogP contribution in [0.15, 0.2) is 23.6 Å². The zero-order chi connectivity index (χ0) is 18.6. The molecule has 2 aromatic rings. The number of benzene rings is 1. The number of aryl methyl sites for hydroxylation is 1. The van der Waals surface area contributed by atoms with Gasteiger partial charge < -0.3 is 10.6 Å². The molecule has 0 fully saturated rings. The van der Waals surface area contributed by atoms with Crippen LogP contribution in [0.1, 0.15) is 59.9 Å². The molecule has 1 aromatic carbocycles. The highest BCUT2D eigenvalue weighted by Gasteiger charge is 2.20. The number of carbonyl (C=O) groups is 2. The highest BCUT2D eigenvalue weighted by Crippen LogP contribution is 2.25. The fourth-order valence-electron chi connectivity index (χ4n) is 2.56. The van der Waals surface area contributed by atoms with Gasteiger partial charge >= 0.3 is 0 Å². The van der Waals surface area contributed by atoms with E-state index in [9.17, 15) is 9.59 Å². The minimum atomic E-state index is -0.234. The van der Waals surface area contributed by atoms with Gasteiger partial charge in [0.05, 0.1) is 6.04 Å². The number of anilines is 1. The molecule has 6 heteroatoms. The fraction of sp³-hybridized carbons (Fsp3) is 0.421. The van der Waals surface area contributed by atoms with Crippen LogP contribution in [-0.4, -0.2) is 16.8 Å². The van der Waals surface area contributed by atoms with E-state index in [4.69, 9.17) is 0 Å². The quantitative estimate of drug-likeness (QED) is 0.810. The minimum absolute atomic E-state index is 0.0952. The van der Waals surface area contributed by atoms with Gasteiger partial charge in [0.25, 0.3) is 5.91 Å². The van der Waals surface area contributed by atoms with Crippen LogP contribution in [0.5, 0.6) is 0 Å². The molecule has 0 aliphatic heterocycles. The molecule has 0 radical (unpaired) electrons. The highest BCUT2D eigenvalue weighted by atomic mass is 32.1. The number of nitrogens with one attached hydrogen (secondary N) is 2. The van der Waals surface area contributed by atoms with Gasteiger partial charge in [-0.25, -0.2) is 4.98 Å². The summed E-state index contributed by atoms with van der Waals surface area (Å²) in [7, 11) is 0. The summed E-state index contributed by atoms with van der Waals surface area (Å²) >= 11 is 1.40. The number of nitrogens with zero attached hydrogens (tertiary/aromatic N) is 1. The first-order valence-electron chi connectivity index (χ1n) is 8.38. The summed E-state index contributed by atoms with van der Waals surface area (Å²) in [5, 5.41) is 8.34. The minimum Gasteiger partial charge on any atom is -0.347 e. The lowest BCUT2D eigenvalue weighted by atomic mass is 10.0. The second-order valence-corrected chi connectivity index (χ2v) is 7.54. The van der Waals surface area contributed by atoms with Gasteiger partial charge in [-0.15, -0.1) is 11.3 Å². The Morgan fingerprint density at radius 1 is 1.24 bits per heavy atom. The molecule has 1 heterocycles. The number of hydrogen-bond acceptors (Lipinski definition) is 4. The number of hydrogen-bond donors (Lipinski definition) is 2. The molecule has 134 valence electrons. The first-order chi connectivity index (χ1) is 11.8. The van der Waals surface area contributed by atoms with E-state index >= 15 is 0 Å². The van der Waals surface area contributed by atoms with Crippen molar-refractivity contribution >= 4 is 28.8 Å². The molecule has 2 N–H and O–H groups in total. The molecule has 5 nitrogen and oxygen atoms in total. The number of carbonyl (C=O) groups excluding carboxylic acids is 2. The molecule has 0 saturated heterocycles. The molecule has 2 amide bonds. The smallest absolute Gasteiger partial charge is 0.275 e. The van der Waals surface area contributed by atoms with Crippen LogP contribution in [0.2, 0.25) is 0 Å². The Bertz CT molecular complexity index is 768. The van der Waals surface area contributed by atoms with Gasteiger partial charge in [0, 0.05) is 18.0 Å². The number of rotatable bonds is 6. The summed E-state index contributed by atoms with van der Waals surface area (Å²) in [6, 6.07) is 5.65. The van der Waals surface area contributed by atoms with Crippen LogP contribution in [-0.2, 0) is 4.79 Å². The van der Waals surface area contributed by atoms with E-state index in [0.29, 0.717) is 11.6 Å². The van der Waals surface area contributed by atoms with Gasteiger partial charge in [-0.1, -0.05) is 26.0 Å². The van der Waals surface area contributed by atoms with E-state index in [1.54, 1.807) is 5.38 Å². The predicted octanol–water partition coefficient (Wildman–Crippen LogP) is 4.24. The van der Waals surface area contributed by atoms with Crippen molar-refractivity contribution in [1.82, 2.24) is 10.3 Å². The number of thiazole rings is 1. The standard InChI is InChI=1S/C19H25N3O2S/c1-11(2)9-16(20-14(5)23)19-22-17(10-25-19)18(24)21-15-8-6-7-12(3)13(15)4/h6-8,10-11,16H,9H2,1-5H3,(H,20,23)(H,21,24)/t16-/m1/s1. The molecule has 25 heavy (non-hydrogen) atoms. The molecule has 1 aromatic heterocycles. The Hall–Kier alpha value is -2.21. The third-order valence-corrected chi connectivity index (χ3v) is 4.95. The van der Waals surface area contributed by atoms with E-state index in [1.807, 2.05) is 32.0 Å². The number of aromatic nitrogens is 1. The zero-order valence-electron chi connectivity index (χ0n) is 15.3. The lowest BCUT2D eigenvalue weighted by Crippen LogP contribution is -2.27. The average Bonchev–Trinajstić information content (AvgIpc) is 3.00. The Kier molecular flexibility index (Phi) is 6.31. The topological polar surface area (TPSA) is 71.1 Å².